The average molecular weight is 1020 g/mol. The molecular weight excluding hydrogens is 948 g/mol. The maximum absolute atomic E-state index is 14.3. The molecule has 0 spiro atoms. The molecule has 2 saturated heterocycles. The third-order valence-corrected chi connectivity index (χ3v) is 12.2. The van der Waals surface area contributed by atoms with E-state index in [0.717, 1.165) is 12.8 Å². The number of ether oxygens (including phenoxy) is 4. The van der Waals surface area contributed by atoms with Crippen molar-refractivity contribution in [1.29, 1.82) is 0 Å². The number of alkyl halides is 3. The van der Waals surface area contributed by atoms with Gasteiger partial charge < -0.3 is 61.1 Å². The summed E-state index contributed by atoms with van der Waals surface area (Å²) < 4.78 is 61.9. The van der Waals surface area contributed by atoms with Gasteiger partial charge in [-0.3, -0.25) is 9.59 Å². The standard InChI is InChI=1S/C45H72F3N17O7/c1-6-21-69-23-25-71-26-24-70-22-12-52-42-53-43(55-44(54-42)63-19-15-61(16-20-63)40(67)38(32(5)7-2)65-29-35(56-59-65)33(50)27-31(3)4)62-17-13-60(14-18-62)39(66)37(10-8-9-11-49)64-28-36(57-58-64)34(51)30-72-41(68)45(46,47)48/h1,28-29,31-34,37-38H,7-27,30,49-51H2,2-5H3,(H,52,53,54,55)/t32-,33?,34?,37-,38?/m0/s1. The predicted octanol–water partition coefficient (Wildman–Crippen LogP) is 1.26. The van der Waals surface area contributed by atoms with E-state index < -0.39 is 36.9 Å². The summed E-state index contributed by atoms with van der Waals surface area (Å²) in [6.07, 6.45) is 6.27. The number of unbranched alkanes of at least 4 members (excludes halogenated alkanes) is 1. The molecule has 2 amide bonds. The van der Waals surface area contributed by atoms with Gasteiger partial charge in [-0.05, 0) is 44.1 Å². The van der Waals surface area contributed by atoms with Crippen LogP contribution in [0.4, 0.5) is 31.0 Å². The zero-order valence-corrected chi connectivity index (χ0v) is 41.8. The smallest absolute Gasteiger partial charge is 0.457 e. The van der Waals surface area contributed by atoms with Gasteiger partial charge in [-0.15, -0.1) is 16.6 Å². The van der Waals surface area contributed by atoms with Crippen molar-refractivity contribution >= 4 is 35.6 Å². The maximum atomic E-state index is 14.3. The Labute approximate surface area is 418 Å². The van der Waals surface area contributed by atoms with Gasteiger partial charge in [0, 0.05) is 58.9 Å². The molecule has 5 rings (SSSR count). The number of rotatable bonds is 29. The van der Waals surface area contributed by atoms with Gasteiger partial charge in [0.2, 0.25) is 29.7 Å². The number of aromatic nitrogens is 9. The number of piperazine rings is 2. The molecule has 5 atom stereocenters. The lowest BCUT2D eigenvalue weighted by Crippen LogP contribution is -2.52. The molecule has 27 heteroatoms. The lowest BCUT2D eigenvalue weighted by Gasteiger charge is -2.38. The molecule has 2 aliphatic heterocycles. The molecule has 3 aromatic rings. The lowest BCUT2D eigenvalue weighted by atomic mass is 9.97. The van der Waals surface area contributed by atoms with Crippen molar-refractivity contribution < 1.29 is 46.5 Å². The Morgan fingerprint density at radius 1 is 0.778 bits per heavy atom. The molecule has 0 saturated carbocycles. The summed E-state index contributed by atoms with van der Waals surface area (Å²) in [7, 11) is 0. The first-order valence-electron chi connectivity index (χ1n) is 24.6. The van der Waals surface area contributed by atoms with E-state index >= 15 is 0 Å². The number of nitrogens with zero attached hydrogens (tertiary/aromatic N) is 13. The number of amides is 2. The molecule has 0 aromatic carbocycles. The fourth-order valence-electron chi connectivity index (χ4n) is 8.03. The van der Waals surface area contributed by atoms with Crippen molar-refractivity contribution in [2.45, 2.75) is 90.1 Å². The van der Waals surface area contributed by atoms with Crippen LogP contribution in [0.2, 0.25) is 0 Å². The van der Waals surface area contributed by atoms with Crippen LogP contribution in [-0.2, 0) is 33.3 Å². The van der Waals surface area contributed by atoms with Crippen molar-refractivity contribution in [3.05, 3.63) is 23.8 Å². The molecule has 3 unspecified atom stereocenters. The normalized spacial score (nSPS) is 16.6. The molecule has 0 radical (unpaired) electrons. The SMILES string of the molecule is C#CCOCCOCCOCCNc1nc(N2CCN(C(=O)C([C@@H](C)CC)n3cc(C(N)CC(C)C)nn3)CC2)nc(N2CCN(C(=O)[C@H](CCCCN)n3cc(C(N)COC(=O)C(F)(F)F)nn3)CC2)n1. The van der Waals surface area contributed by atoms with Gasteiger partial charge in [-0.1, -0.05) is 50.5 Å². The molecule has 2 aliphatic rings. The van der Waals surface area contributed by atoms with Gasteiger partial charge in [0.05, 0.1) is 63.2 Å². The second-order valence-corrected chi connectivity index (χ2v) is 18.1. The van der Waals surface area contributed by atoms with Crippen LogP contribution in [0.1, 0.15) is 95.4 Å². The number of carbonyl (C=O) groups excluding carboxylic acids is 3. The third-order valence-electron chi connectivity index (χ3n) is 12.2. The summed E-state index contributed by atoms with van der Waals surface area (Å²) in [5.41, 5.74) is 18.9. The van der Waals surface area contributed by atoms with Gasteiger partial charge in [0.25, 0.3) is 0 Å². The molecule has 72 heavy (non-hydrogen) atoms. The second kappa shape index (κ2) is 28.5. The van der Waals surface area contributed by atoms with Crippen molar-refractivity contribution in [2.24, 2.45) is 29.0 Å². The number of nitrogens with one attached hydrogen (secondary N) is 1. The Bertz CT molecular complexity index is 2180. The van der Waals surface area contributed by atoms with E-state index in [1.807, 2.05) is 28.5 Å². The number of halogens is 3. The highest BCUT2D eigenvalue weighted by Gasteiger charge is 2.41. The highest BCUT2D eigenvalue weighted by Crippen LogP contribution is 2.28. The van der Waals surface area contributed by atoms with Gasteiger partial charge in [0.15, 0.2) is 0 Å². The fourth-order valence-corrected chi connectivity index (χ4v) is 8.03. The molecule has 2 fully saturated rings. The van der Waals surface area contributed by atoms with E-state index in [1.54, 1.807) is 15.8 Å². The molecule has 3 aromatic heterocycles. The summed E-state index contributed by atoms with van der Waals surface area (Å²) in [5, 5.41) is 20.1. The van der Waals surface area contributed by atoms with Gasteiger partial charge in [-0.25, -0.2) is 14.2 Å². The Morgan fingerprint density at radius 3 is 1.90 bits per heavy atom. The molecule has 5 heterocycles. The minimum absolute atomic E-state index is 0.0182. The van der Waals surface area contributed by atoms with E-state index in [0.29, 0.717) is 147 Å². The monoisotopic (exact) mass is 1020 g/mol. The van der Waals surface area contributed by atoms with E-state index in [2.05, 4.69) is 50.4 Å². The predicted molar refractivity (Wildman–Crippen MR) is 258 cm³/mol. The molecule has 7 N–H and O–H groups in total. The van der Waals surface area contributed by atoms with Crippen molar-refractivity contribution in [3.63, 3.8) is 0 Å². The van der Waals surface area contributed by atoms with E-state index in [-0.39, 0.29) is 36.1 Å². The molecule has 24 nitrogen and oxygen atoms in total. The summed E-state index contributed by atoms with van der Waals surface area (Å²) in [4.78, 5) is 61.7. The van der Waals surface area contributed by atoms with E-state index in [9.17, 15) is 27.6 Å². The van der Waals surface area contributed by atoms with E-state index in [4.69, 9.17) is 52.8 Å². The number of hydrogen-bond donors (Lipinski definition) is 4. The first kappa shape index (κ1) is 57.1. The summed E-state index contributed by atoms with van der Waals surface area (Å²) >= 11 is 0. The van der Waals surface area contributed by atoms with Crippen LogP contribution in [0.3, 0.4) is 0 Å². The molecular formula is C45H72F3N17O7. The third kappa shape index (κ3) is 16.9. The number of nitrogens with two attached hydrogens (primary N) is 3. The maximum Gasteiger partial charge on any atom is 0.490 e. The van der Waals surface area contributed by atoms with Crippen molar-refractivity contribution in [1.82, 2.24) is 54.7 Å². The lowest BCUT2D eigenvalue weighted by molar-refractivity contribution is -0.200. The summed E-state index contributed by atoms with van der Waals surface area (Å²) in [5.74, 6) is 1.23. The first-order valence-corrected chi connectivity index (χ1v) is 24.6. The fraction of sp³-hybridized carbons (Fsp3) is 0.733. The molecule has 0 bridgehead atoms. The Morgan fingerprint density at radius 2 is 1.33 bits per heavy atom. The van der Waals surface area contributed by atoms with Crippen LogP contribution in [0, 0.1) is 24.2 Å². The van der Waals surface area contributed by atoms with Crippen LogP contribution in [-0.4, -0.2) is 190 Å². The van der Waals surface area contributed by atoms with Crippen molar-refractivity contribution in [2.75, 3.05) is 127 Å². The Hall–Kier alpha value is -5.79. The van der Waals surface area contributed by atoms with Gasteiger partial charge >= 0.3 is 12.1 Å². The Balaban J connectivity index is 1.26. The number of esters is 1. The average Bonchev–Trinajstić information content (AvgIpc) is 4.07. The summed E-state index contributed by atoms with van der Waals surface area (Å²) in [6.45, 7) is 13.4. The highest BCUT2D eigenvalue weighted by molar-refractivity contribution is 5.81. The van der Waals surface area contributed by atoms with E-state index in [1.165, 1.54) is 10.9 Å². The van der Waals surface area contributed by atoms with Crippen LogP contribution in [0.15, 0.2) is 12.4 Å². The number of hydrogen-bond acceptors (Lipinski definition) is 20. The van der Waals surface area contributed by atoms with Crippen LogP contribution in [0.25, 0.3) is 0 Å². The zero-order valence-electron chi connectivity index (χ0n) is 41.8. The number of terminal acetylenes is 1. The largest absolute Gasteiger partial charge is 0.490 e. The van der Waals surface area contributed by atoms with Crippen LogP contribution in [0.5, 0.6) is 0 Å². The molecule has 0 aliphatic carbocycles. The van der Waals surface area contributed by atoms with Gasteiger partial charge in [0.1, 0.15) is 31.0 Å². The van der Waals surface area contributed by atoms with Crippen molar-refractivity contribution in [3.8, 4) is 12.3 Å². The minimum atomic E-state index is -5.18. The number of carbonyl (C=O) groups is 3. The zero-order chi connectivity index (χ0) is 52.2. The topological polar surface area (TPSA) is 291 Å². The first-order chi connectivity index (χ1) is 34.5. The second-order valence-electron chi connectivity index (χ2n) is 18.1. The van der Waals surface area contributed by atoms with Crippen LogP contribution < -0.4 is 32.3 Å². The Kier molecular flexibility index (Phi) is 22.6. The van der Waals surface area contributed by atoms with Gasteiger partial charge in [-0.2, -0.15) is 28.1 Å². The quantitative estimate of drug-likeness (QED) is 0.0432. The minimum Gasteiger partial charge on any atom is -0.457 e. The van der Waals surface area contributed by atoms with Crippen LogP contribution >= 0.6 is 0 Å². The number of anilines is 3. The summed E-state index contributed by atoms with van der Waals surface area (Å²) in [6, 6.07) is -2.87. The highest BCUT2D eigenvalue weighted by atomic mass is 19.4. The molecule has 400 valence electrons.